The fourth-order valence-electron chi connectivity index (χ4n) is 2.43. The van der Waals surface area contributed by atoms with Crippen LogP contribution in [0, 0.1) is 0 Å². The zero-order chi connectivity index (χ0) is 12.5. The van der Waals surface area contributed by atoms with Gasteiger partial charge in [0.1, 0.15) is 5.82 Å². The van der Waals surface area contributed by atoms with Crippen LogP contribution in [0.5, 0.6) is 0 Å². The summed E-state index contributed by atoms with van der Waals surface area (Å²) in [6, 6.07) is 4.40. The van der Waals surface area contributed by atoms with Crippen molar-refractivity contribution in [3.8, 4) is 11.4 Å². The van der Waals surface area contributed by atoms with Crippen LogP contribution in [0.2, 0.25) is 0 Å². The summed E-state index contributed by atoms with van der Waals surface area (Å²) in [6.45, 7) is 1.15. The Balaban J connectivity index is 1.87. The quantitative estimate of drug-likeness (QED) is 0.927. The predicted molar refractivity (Wildman–Crippen MR) is 74.1 cm³/mol. The summed E-state index contributed by atoms with van der Waals surface area (Å²) in [7, 11) is 2.15. The average Bonchev–Trinajstić information content (AvgIpc) is 2.98. The molecule has 0 spiro atoms. The van der Waals surface area contributed by atoms with Crippen molar-refractivity contribution in [1.29, 1.82) is 0 Å². The van der Waals surface area contributed by atoms with Crippen molar-refractivity contribution < 1.29 is 0 Å². The number of halogens is 1. The number of likely N-dealkylation sites (tertiary alicyclic amines) is 1. The second-order valence-corrected chi connectivity index (χ2v) is 5.60. The number of aromatic nitrogens is 3. The van der Waals surface area contributed by atoms with E-state index >= 15 is 0 Å². The lowest BCUT2D eigenvalue weighted by Crippen LogP contribution is -2.18. The molecule has 0 radical (unpaired) electrons. The smallest absolute Gasteiger partial charge is 0.123 e. The summed E-state index contributed by atoms with van der Waals surface area (Å²) in [5.41, 5.74) is 1.91. The number of aromatic amines is 1. The van der Waals surface area contributed by atoms with Gasteiger partial charge in [0.05, 0.1) is 23.6 Å². The minimum Gasteiger partial charge on any atom is -0.339 e. The molecule has 0 amide bonds. The molecule has 4 nitrogen and oxygen atoms in total. The van der Waals surface area contributed by atoms with Crippen molar-refractivity contribution in [2.24, 2.45) is 0 Å². The van der Waals surface area contributed by atoms with E-state index in [1.165, 1.54) is 12.8 Å². The molecule has 18 heavy (non-hydrogen) atoms. The van der Waals surface area contributed by atoms with Gasteiger partial charge < -0.3 is 4.98 Å². The Bertz CT molecular complexity index is 534. The molecule has 0 aromatic carbocycles. The minimum atomic E-state index is 0.425. The van der Waals surface area contributed by atoms with Gasteiger partial charge in [0.15, 0.2) is 0 Å². The van der Waals surface area contributed by atoms with Gasteiger partial charge in [-0.1, -0.05) is 0 Å². The lowest BCUT2D eigenvalue weighted by molar-refractivity contribution is 0.307. The van der Waals surface area contributed by atoms with Gasteiger partial charge in [-0.05, 0) is 54.5 Å². The van der Waals surface area contributed by atoms with E-state index in [-0.39, 0.29) is 0 Å². The van der Waals surface area contributed by atoms with Crippen molar-refractivity contribution in [2.75, 3.05) is 13.6 Å². The topological polar surface area (TPSA) is 44.8 Å². The Morgan fingerprint density at radius 1 is 1.33 bits per heavy atom. The molecule has 2 aromatic heterocycles. The number of imidazole rings is 1. The normalized spacial score (nSPS) is 20.4. The Hall–Kier alpha value is -1.20. The van der Waals surface area contributed by atoms with Gasteiger partial charge in [-0.3, -0.25) is 9.88 Å². The zero-order valence-electron chi connectivity index (χ0n) is 10.2. The lowest BCUT2D eigenvalue weighted by atomic mass is 10.2. The molecule has 0 unspecified atom stereocenters. The second kappa shape index (κ2) is 4.82. The number of H-pyrrole nitrogens is 1. The van der Waals surface area contributed by atoms with Crippen LogP contribution in [-0.2, 0) is 0 Å². The minimum absolute atomic E-state index is 0.425. The molecule has 5 heteroatoms. The van der Waals surface area contributed by atoms with Gasteiger partial charge in [-0.25, -0.2) is 4.98 Å². The summed E-state index contributed by atoms with van der Waals surface area (Å²) in [6.07, 6.45) is 6.10. The van der Waals surface area contributed by atoms with Crippen LogP contribution in [0.4, 0.5) is 0 Å². The molecular weight excluding hydrogens is 292 g/mol. The highest BCUT2D eigenvalue weighted by Gasteiger charge is 2.25. The Morgan fingerprint density at radius 2 is 2.22 bits per heavy atom. The third-order valence-electron chi connectivity index (χ3n) is 3.43. The number of nitrogens with one attached hydrogen (secondary N) is 1. The van der Waals surface area contributed by atoms with Crippen molar-refractivity contribution in [2.45, 2.75) is 18.9 Å². The maximum absolute atomic E-state index is 4.50. The van der Waals surface area contributed by atoms with Gasteiger partial charge in [-0.2, -0.15) is 0 Å². The summed E-state index contributed by atoms with van der Waals surface area (Å²) in [5, 5.41) is 0. The SMILES string of the molecule is CN1CCC[C@H]1c1ncc(-c2ccc(Br)cn2)[nH]1. The average molecular weight is 307 g/mol. The van der Waals surface area contributed by atoms with Gasteiger partial charge in [0.2, 0.25) is 0 Å². The fourth-order valence-corrected chi connectivity index (χ4v) is 2.66. The highest BCUT2D eigenvalue weighted by Crippen LogP contribution is 2.29. The van der Waals surface area contributed by atoms with Gasteiger partial charge >= 0.3 is 0 Å². The standard InChI is InChI=1S/C13H15BrN4/c1-18-6-2-3-12(18)13-16-8-11(17-13)10-5-4-9(14)7-15-10/h4-5,7-8,12H,2-3,6H2,1H3,(H,16,17)/t12-/m0/s1. The van der Waals surface area contributed by atoms with Crippen molar-refractivity contribution in [3.63, 3.8) is 0 Å². The van der Waals surface area contributed by atoms with Crippen LogP contribution in [-0.4, -0.2) is 33.4 Å². The predicted octanol–water partition coefficient (Wildman–Crippen LogP) is 3.00. The lowest BCUT2D eigenvalue weighted by Gasteiger charge is -2.16. The Morgan fingerprint density at radius 3 is 2.89 bits per heavy atom. The van der Waals surface area contributed by atoms with Crippen LogP contribution >= 0.6 is 15.9 Å². The van der Waals surface area contributed by atoms with Crippen LogP contribution in [0.15, 0.2) is 29.0 Å². The van der Waals surface area contributed by atoms with E-state index in [1.807, 2.05) is 18.3 Å². The van der Waals surface area contributed by atoms with E-state index < -0.39 is 0 Å². The number of rotatable bonds is 2. The Kier molecular flexibility index (Phi) is 3.18. The summed E-state index contributed by atoms with van der Waals surface area (Å²) in [5.74, 6) is 1.05. The largest absolute Gasteiger partial charge is 0.339 e. The molecule has 1 aliphatic rings. The third-order valence-corrected chi connectivity index (χ3v) is 3.90. The molecule has 1 atom stereocenters. The summed E-state index contributed by atoms with van der Waals surface area (Å²) < 4.78 is 0.988. The van der Waals surface area contributed by atoms with E-state index in [1.54, 1.807) is 6.20 Å². The maximum atomic E-state index is 4.50. The number of hydrogen-bond donors (Lipinski definition) is 1. The summed E-state index contributed by atoms with van der Waals surface area (Å²) in [4.78, 5) is 14.6. The van der Waals surface area contributed by atoms with Crippen molar-refractivity contribution in [1.82, 2.24) is 19.9 Å². The highest BCUT2D eigenvalue weighted by molar-refractivity contribution is 9.10. The first kappa shape index (κ1) is 11.9. The van der Waals surface area contributed by atoms with Crippen molar-refractivity contribution in [3.05, 3.63) is 34.8 Å². The molecule has 0 bridgehead atoms. The molecule has 1 fully saturated rings. The van der Waals surface area contributed by atoms with Gasteiger partial charge in [-0.15, -0.1) is 0 Å². The van der Waals surface area contributed by atoms with E-state index in [0.717, 1.165) is 28.2 Å². The number of pyridine rings is 1. The number of hydrogen-bond acceptors (Lipinski definition) is 3. The van der Waals surface area contributed by atoms with E-state index in [9.17, 15) is 0 Å². The van der Waals surface area contributed by atoms with E-state index in [0.29, 0.717) is 6.04 Å². The van der Waals surface area contributed by atoms with Crippen LogP contribution in [0.25, 0.3) is 11.4 Å². The first-order chi connectivity index (χ1) is 8.74. The van der Waals surface area contributed by atoms with E-state index in [2.05, 4.69) is 42.8 Å². The second-order valence-electron chi connectivity index (χ2n) is 4.68. The number of nitrogens with zero attached hydrogens (tertiary/aromatic N) is 3. The molecular formula is C13H15BrN4. The van der Waals surface area contributed by atoms with Crippen molar-refractivity contribution >= 4 is 15.9 Å². The monoisotopic (exact) mass is 306 g/mol. The van der Waals surface area contributed by atoms with Crippen LogP contribution in [0.3, 0.4) is 0 Å². The third kappa shape index (κ3) is 2.20. The van der Waals surface area contributed by atoms with Crippen LogP contribution < -0.4 is 0 Å². The fraction of sp³-hybridized carbons (Fsp3) is 0.385. The van der Waals surface area contributed by atoms with Gasteiger partial charge in [0.25, 0.3) is 0 Å². The molecule has 3 rings (SSSR count). The highest BCUT2D eigenvalue weighted by atomic mass is 79.9. The molecule has 94 valence electrons. The molecule has 0 aliphatic carbocycles. The molecule has 0 saturated carbocycles. The Labute approximate surface area is 115 Å². The summed E-state index contributed by atoms with van der Waals surface area (Å²) >= 11 is 3.39. The molecule has 3 heterocycles. The zero-order valence-corrected chi connectivity index (χ0v) is 11.8. The molecule has 2 aromatic rings. The maximum Gasteiger partial charge on any atom is 0.123 e. The molecule has 1 saturated heterocycles. The molecule has 1 aliphatic heterocycles. The van der Waals surface area contributed by atoms with Gasteiger partial charge in [0, 0.05) is 10.7 Å². The first-order valence-corrected chi connectivity index (χ1v) is 6.90. The molecule has 1 N–H and O–H groups in total. The van der Waals surface area contributed by atoms with E-state index in [4.69, 9.17) is 0 Å². The first-order valence-electron chi connectivity index (χ1n) is 6.11. The van der Waals surface area contributed by atoms with Crippen LogP contribution in [0.1, 0.15) is 24.7 Å².